The maximum atomic E-state index is 13.7. The predicted molar refractivity (Wildman–Crippen MR) is 122 cm³/mol. The van der Waals surface area contributed by atoms with Gasteiger partial charge < -0.3 is 35.0 Å². The van der Waals surface area contributed by atoms with Gasteiger partial charge in [-0.3, -0.25) is 9.59 Å². The molecule has 0 aromatic carbocycles. The number of rotatable bonds is 3. The van der Waals surface area contributed by atoms with Crippen LogP contribution in [0.3, 0.4) is 0 Å². The first-order chi connectivity index (χ1) is 16.4. The molecule has 5 saturated carbocycles. The summed E-state index contributed by atoms with van der Waals surface area (Å²) in [6, 6.07) is 0. The molecule has 35 heavy (non-hydrogen) atoms. The molecule has 0 aromatic rings. The number of aliphatic hydroxyl groups excluding tert-OH is 4. The van der Waals surface area contributed by atoms with Crippen LogP contribution in [0.25, 0.3) is 0 Å². The number of Topliss-reactive ketones (excluding diaryl/α,β-unsaturated/α-hetero) is 1. The van der Waals surface area contributed by atoms with E-state index in [2.05, 4.69) is 6.58 Å². The van der Waals surface area contributed by atoms with Crippen molar-refractivity contribution < 1.29 is 44.6 Å². The van der Waals surface area contributed by atoms with E-state index in [1.54, 1.807) is 0 Å². The van der Waals surface area contributed by atoms with E-state index in [0.717, 1.165) is 6.42 Å². The lowest BCUT2D eigenvalue weighted by Crippen LogP contribution is -2.74. The molecule has 0 aromatic heterocycles. The molecule has 1 heterocycles. The molecule has 6 fully saturated rings. The van der Waals surface area contributed by atoms with E-state index < -0.39 is 65.1 Å². The molecular weight excluding hydrogens is 456 g/mol. The van der Waals surface area contributed by atoms with Crippen molar-refractivity contribution in [3.8, 4) is 0 Å². The molecule has 196 valence electrons. The number of allylic oxidation sites excluding steroid dienone is 1. The Hall–Kier alpha value is -1.36. The van der Waals surface area contributed by atoms with Gasteiger partial charge in [-0.2, -0.15) is 0 Å². The van der Waals surface area contributed by atoms with E-state index in [4.69, 9.17) is 9.47 Å². The molecule has 9 nitrogen and oxygen atoms in total. The van der Waals surface area contributed by atoms with Crippen LogP contribution in [0.1, 0.15) is 65.2 Å². The third-order valence-corrected chi connectivity index (χ3v) is 10.7. The van der Waals surface area contributed by atoms with Gasteiger partial charge in [-0.1, -0.05) is 19.9 Å². The number of carbonyl (C=O) groups excluding carboxylic acids is 2. The Labute approximate surface area is 205 Å². The van der Waals surface area contributed by atoms with Crippen molar-refractivity contribution in [2.24, 2.45) is 28.1 Å². The van der Waals surface area contributed by atoms with Gasteiger partial charge >= 0.3 is 5.97 Å². The van der Waals surface area contributed by atoms with Crippen LogP contribution in [-0.2, 0) is 19.1 Å². The summed E-state index contributed by atoms with van der Waals surface area (Å²) in [5, 5.41) is 52.3. The molecule has 1 saturated heterocycles. The Kier molecular flexibility index (Phi) is 5.83. The smallest absolute Gasteiger partial charge is 0.314 e. The minimum Gasteiger partial charge on any atom is -0.432 e. The number of hydrogen-bond donors (Lipinski definition) is 5. The summed E-state index contributed by atoms with van der Waals surface area (Å²) >= 11 is 0. The Bertz CT molecular complexity index is 934. The fourth-order valence-corrected chi connectivity index (χ4v) is 8.64. The Balaban J connectivity index is 1.44. The topological polar surface area (TPSA) is 154 Å². The first kappa shape index (κ1) is 25.3. The zero-order valence-corrected chi connectivity index (χ0v) is 20.5. The summed E-state index contributed by atoms with van der Waals surface area (Å²) < 4.78 is 11.0. The van der Waals surface area contributed by atoms with Crippen LogP contribution in [0.2, 0.25) is 0 Å². The third-order valence-electron chi connectivity index (χ3n) is 10.7. The molecule has 0 amide bonds. The molecule has 2 bridgehead atoms. The quantitative estimate of drug-likeness (QED) is 0.280. The van der Waals surface area contributed by atoms with E-state index in [1.807, 2.05) is 13.8 Å². The summed E-state index contributed by atoms with van der Waals surface area (Å²) in [6.45, 7) is 7.25. The van der Waals surface area contributed by atoms with Crippen LogP contribution < -0.4 is 0 Å². The van der Waals surface area contributed by atoms with Crippen LogP contribution in [0.15, 0.2) is 12.2 Å². The maximum Gasteiger partial charge on any atom is 0.314 e. The minimum atomic E-state index is -1.67. The van der Waals surface area contributed by atoms with Crippen molar-refractivity contribution in [2.45, 2.75) is 102 Å². The number of ether oxygens (including phenoxy) is 2. The Morgan fingerprint density at radius 3 is 2.46 bits per heavy atom. The maximum absolute atomic E-state index is 13.7. The van der Waals surface area contributed by atoms with E-state index in [9.17, 15) is 35.1 Å². The van der Waals surface area contributed by atoms with Gasteiger partial charge in [0.2, 0.25) is 6.29 Å². The number of fused-ring (bicyclic) bond motifs is 3. The highest BCUT2D eigenvalue weighted by molar-refractivity contribution is 6.03. The minimum absolute atomic E-state index is 0.0154. The largest absolute Gasteiger partial charge is 0.432 e. The summed E-state index contributed by atoms with van der Waals surface area (Å²) in [7, 11) is 0. The monoisotopic (exact) mass is 494 g/mol. The standard InChI is InChI=1S/C26H38O9/c1-13-14-5-9-25(20(13)31)10-6-16-23(2,7-4-8-24(16,3)26(25,33)11-14)22(32)35-21-19(30)18(29)17(28)15(12-27)34-21/h14-19,21,27-30,33H,1,4-12H2,2-3H3/t14-,15-,16+,17-,18+,19-,21+,23+,24+,25+,26+/m0/s1. The van der Waals surface area contributed by atoms with E-state index in [1.165, 1.54) is 0 Å². The molecule has 1 aliphatic heterocycles. The molecule has 11 atom stereocenters. The summed E-state index contributed by atoms with van der Waals surface area (Å²) in [5.41, 5.74) is -3.18. The van der Waals surface area contributed by atoms with Crippen molar-refractivity contribution in [1.29, 1.82) is 0 Å². The fraction of sp³-hybridized carbons (Fsp3) is 0.846. The average Bonchev–Trinajstić information content (AvgIpc) is 2.82. The van der Waals surface area contributed by atoms with E-state index in [-0.39, 0.29) is 17.6 Å². The summed E-state index contributed by atoms with van der Waals surface area (Å²) in [4.78, 5) is 27.1. The van der Waals surface area contributed by atoms with Crippen molar-refractivity contribution in [3.05, 3.63) is 12.2 Å². The van der Waals surface area contributed by atoms with Crippen molar-refractivity contribution in [1.82, 2.24) is 0 Å². The average molecular weight is 495 g/mol. The van der Waals surface area contributed by atoms with Crippen LogP contribution in [0, 0.1) is 28.1 Å². The van der Waals surface area contributed by atoms with Crippen LogP contribution >= 0.6 is 0 Å². The zero-order valence-electron chi connectivity index (χ0n) is 20.5. The highest BCUT2D eigenvalue weighted by atomic mass is 16.7. The van der Waals surface area contributed by atoms with E-state index in [0.29, 0.717) is 50.5 Å². The number of hydrogen-bond acceptors (Lipinski definition) is 9. The highest BCUT2D eigenvalue weighted by Crippen LogP contribution is 2.73. The summed E-state index contributed by atoms with van der Waals surface area (Å²) in [5.74, 6) is -0.941. The van der Waals surface area contributed by atoms with Crippen LogP contribution in [-0.4, -0.2) is 80.2 Å². The Morgan fingerprint density at radius 2 is 1.77 bits per heavy atom. The summed E-state index contributed by atoms with van der Waals surface area (Å²) in [6.07, 6.45) is -2.71. The molecule has 6 rings (SSSR count). The lowest BCUT2D eigenvalue weighted by molar-refractivity contribution is -0.302. The third kappa shape index (κ3) is 3.09. The molecule has 0 radical (unpaired) electrons. The molecule has 6 aliphatic rings. The van der Waals surface area contributed by atoms with Crippen LogP contribution in [0.4, 0.5) is 0 Å². The van der Waals surface area contributed by atoms with Gasteiger partial charge in [0.15, 0.2) is 5.78 Å². The van der Waals surface area contributed by atoms with E-state index >= 15 is 0 Å². The van der Waals surface area contributed by atoms with Gasteiger partial charge in [-0.15, -0.1) is 0 Å². The van der Waals surface area contributed by atoms with Crippen molar-refractivity contribution >= 4 is 11.8 Å². The van der Waals surface area contributed by atoms with Gasteiger partial charge in [-0.05, 0) is 69.3 Å². The lowest BCUT2D eigenvalue weighted by atomic mass is 9.34. The number of esters is 1. The molecule has 0 unspecified atom stereocenters. The number of carbonyl (C=O) groups is 2. The second-order valence-corrected chi connectivity index (χ2v) is 12.1. The van der Waals surface area contributed by atoms with Gasteiger partial charge in [0.1, 0.15) is 24.4 Å². The number of ketones is 1. The first-order valence-corrected chi connectivity index (χ1v) is 12.8. The van der Waals surface area contributed by atoms with Gasteiger partial charge in [0.05, 0.1) is 23.0 Å². The van der Waals surface area contributed by atoms with Gasteiger partial charge in [0.25, 0.3) is 0 Å². The first-order valence-electron chi connectivity index (χ1n) is 12.8. The SMILES string of the molecule is C=C1C(=O)[C@]23CC[C@H]1C[C@@]2(O)[C@]1(C)CCC[C@@](C)(C(=O)O[C@H]2O[C@@H](CO)[C@H](O)[C@@H](O)[C@@H]2O)[C@H]1CC3. The second-order valence-electron chi connectivity index (χ2n) is 12.1. The number of aliphatic hydroxyl groups is 5. The second kappa shape index (κ2) is 8.07. The highest BCUT2D eigenvalue weighted by Gasteiger charge is 2.75. The molecular formula is C26H38O9. The zero-order chi connectivity index (χ0) is 25.6. The van der Waals surface area contributed by atoms with Crippen molar-refractivity contribution in [2.75, 3.05) is 6.61 Å². The molecule has 1 spiro atoms. The predicted octanol–water partition coefficient (Wildman–Crippen LogP) is 0.593. The fourth-order valence-electron chi connectivity index (χ4n) is 8.64. The van der Waals surface area contributed by atoms with Crippen LogP contribution in [0.5, 0.6) is 0 Å². The molecule has 5 aliphatic carbocycles. The van der Waals surface area contributed by atoms with Crippen molar-refractivity contribution in [3.63, 3.8) is 0 Å². The van der Waals surface area contributed by atoms with Gasteiger partial charge in [0, 0.05) is 5.41 Å². The van der Waals surface area contributed by atoms with Gasteiger partial charge in [-0.25, -0.2) is 0 Å². The molecule has 9 heteroatoms. The Morgan fingerprint density at radius 1 is 1.09 bits per heavy atom. The molecule has 5 N–H and O–H groups in total. The lowest BCUT2D eigenvalue weighted by Gasteiger charge is -2.70. The normalized spacial score (nSPS) is 53.6.